The maximum absolute atomic E-state index is 12.9. The maximum atomic E-state index is 12.9. The molecule has 3 rings (SSSR count). The van der Waals surface area contributed by atoms with Crippen LogP contribution in [0.3, 0.4) is 0 Å². The smallest absolute Gasteiger partial charge is 0.296 e. The van der Waals surface area contributed by atoms with Crippen LogP contribution in [0.1, 0.15) is 54.5 Å². The molecular weight excluding hydrogens is 500 g/mol. The molecule has 2 aromatic heterocycles. The second-order valence-corrected chi connectivity index (χ2v) is 9.54. The highest BCUT2D eigenvalue weighted by atomic mass is 35.5. The largest absolute Gasteiger partial charge is 0.501 e. The molecule has 0 aliphatic rings. The van der Waals surface area contributed by atoms with Gasteiger partial charge in [-0.15, -0.1) is 0 Å². The van der Waals surface area contributed by atoms with E-state index in [9.17, 15) is 19.8 Å². The van der Waals surface area contributed by atoms with E-state index in [0.29, 0.717) is 16.2 Å². The van der Waals surface area contributed by atoms with Crippen LogP contribution < -0.4 is 16.6 Å². The summed E-state index contributed by atoms with van der Waals surface area (Å²) >= 11 is 6.56. The lowest BCUT2D eigenvalue weighted by molar-refractivity contribution is 0.0905. The first kappa shape index (κ1) is 27.6. The van der Waals surface area contributed by atoms with Gasteiger partial charge in [0.25, 0.3) is 11.5 Å². The molecular formula is C25H29ClN6O5. The van der Waals surface area contributed by atoms with E-state index in [1.807, 2.05) is 12.1 Å². The van der Waals surface area contributed by atoms with Crippen LogP contribution in [0.15, 0.2) is 62.8 Å². The number of hydrogen-bond acceptors (Lipinski definition) is 9. The fraction of sp³-hybridized carbons (Fsp3) is 0.320. The van der Waals surface area contributed by atoms with Crippen molar-refractivity contribution in [1.29, 1.82) is 0 Å². The molecule has 3 aromatic rings. The lowest BCUT2D eigenvalue weighted by Crippen LogP contribution is -2.30. The summed E-state index contributed by atoms with van der Waals surface area (Å²) < 4.78 is 5.87. The van der Waals surface area contributed by atoms with E-state index in [-0.39, 0.29) is 18.1 Å². The van der Waals surface area contributed by atoms with Crippen LogP contribution in [0.4, 0.5) is 5.69 Å². The van der Waals surface area contributed by atoms with Gasteiger partial charge in [-0.2, -0.15) is 0 Å². The van der Waals surface area contributed by atoms with Crippen LogP contribution in [0, 0.1) is 0 Å². The molecule has 0 bridgehead atoms. The summed E-state index contributed by atoms with van der Waals surface area (Å²) in [6.07, 6.45) is 5.37. The van der Waals surface area contributed by atoms with E-state index in [4.69, 9.17) is 21.9 Å². The van der Waals surface area contributed by atoms with Crippen molar-refractivity contribution in [2.24, 2.45) is 17.8 Å². The molecule has 0 saturated heterocycles. The number of aromatic hydroxyl groups is 1. The van der Waals surface area contributed by atoms with Gasteiger partial charge in [-0.3, -0.25) is 19.1 Å². The van der Waals surface area contributed by atoms with Crippen molar-refractivity contribution in [3.8, 4) is 5.75 Å². The Kier molecular flexibility index (Phi) is 8.51. The quantitative estimate of drug-likeness (QED) is 0.307. The summed E-state index contributed by atoms with van der Waals surface area (Å²) in [5.74, 6) is -2.56. The van der Waals surface area contributed by atoms with Gasteiger partial charge >= 0.3 is 0 Å². The molecule has 1 aromatic carbocycles. The zero-order valence-corrected chi connectivity index (χ0v) is 21.6. The number of amides is 1. The first-order chi connectivity index (χ1) is 17.4. The molecule has 0 aliphatic carbocycles. The minimum absolute atomic E-state index is 0.122. The summed E-state index contributed by atoms with van der Waals surface area (Å²) in [6, 6.07) is 7.13. The maximum Gasteiger partial charge on any atom is 0.296 e. The average Bonchev–Trinajstić information content (AvgIpc) is 3.35. The van der Waals surface area contributed by atoms with Crippen molar-refractivity contribution in [2.45, 2.75) is 38.2 Å². The highest BCUT2D eigenvalue weighted by molar-refractivity contribution is 6.31. The van der Waals surface area contributed by atoms with E-state index < -0.39 is 40.3 Å². The van der Waals surface area contributed by atoms with Gasteiger partial charge in [0, 0.05) is 30.1 Å². The molecule has 37 heavy (non-hydrogen) atoms. The van der Waals surface area contributed by atoms with Gasteiger partial charge in [0.1, 0.15) is 17.8 Å². The van der Waals surface area contributed by atoms with Crippen molar-refractivity contribution < 1.29 is 19.5 Å². The normalized spacial score (nSPS) is 14.1. The van der Waals surface area contributed by atoms with Crippen molar-refractivity contribution in [2.75, 3.05) is 11.9 Å². The van der Waals surface area contributed by atoms with Crippen LogP contribution in [0.5, 0.6) is 5.75 Å². The van der Waals surface area contributed by atoms with Crippen LogP contribution in [-0.4, -0.2) is 49.2 Å². The lowest BCUT2D eigenvalue weighted by atomic mass is 9.81. The van der Waals surface area contributed by atoms with E-state index in [1.54, 1.807) is 39.1 Å². The zero-order valence-electron chi connectivity index (χ0n) is 20.8. The highest BCUT2D eigenvalue weighted by Crippen LogP contribution is 2.40. The summed E-state index contributed by atoms with van der Waals surface area (Å²) in [5, 5.41) is 26.9. The molecule has 2 unspecified atom stereocenters. The molecule has 196 valence electrons. The second kappa shape index (κ2) is 11.4. The van der Waals surface area contributed by atoms with Crippen LogP contribution in [-0.2, 0) is 7.05 Å². The van der Waals surface area contributed by atoms with Crippen molar-refractivity contribution in [3.05, 3.63) is 81.0 Å². The molecule has 5 N–H and O–H groups in total. The summed E-state index contributed by atoms with van der Waals surface area (Å²) in [4.78, 5) is 34.5. The fourth-order valence-corrected chi connectivity index (χ4v) is 4.10. The van der Waals surface area contributed by atoms with Crippen molar-refractivity contribution in [3.63, 3.8) is 0 Å². The number of benzene rings is 1. The minimum Gasteiger partial charge on any atom is -0.501 e. The van der Waals surface area contributed by atoms with E-state index in [1.165, 1.54) is 30.3 Å². The van der Waals surface area contributed by atoms with Gasteiger partial charge in [0.05, 0.1) is 18.3 Å². The fourth-order valence-electron chi connectivity index (χ4n) is 3.84. The SMILES string of the molecule is CC(c1nc(C(=O)Nc2cnoc2)c(O)c(=O)n1C)C(C(C=NCC(C)(C)O)=CN)c1ccccc1Cl. The number of carbonyl (C=O) groups is 1. The summed E-state index contributed by atoms with van der Waals surface area (Å²) in [5.41, 5.74) is 5.16. The standard InChI is InChI=1S/C25H29ClN6O5/c1-14(19(17-7-5-6-8-18(17)26)15(9-27)10-28-13-25(2,3)36)22-31-20(21(33)24(35)32(22)4)23(34)30-16-11-29-37-12-16/h5-12,14,19,33,36H,13,27H2,1-4H3,(H,30,34). The number of carbonyl (C=O) groups excluding carboxylic acids is 1. The molecule has 2 heterocycles. The number of rotatable bonds is 9. The Morgan fingerprint density at radius 2 is 2.08 bits per heavy atom. The molecule has 1 amide bonds. The number of aromatic nitrogens is 3. The third kappa shape index (κ3) is 6.43. The molecule has 0 aliphatic heterocycles. The Morgan fingerprint density at radius 1 is 1.38 bits per heavy atom. The Hall–Kier alpha value is -3.96. The van der Waals surface area contributed by atoms with Crippen molar-refractivity contribution in [1.82, 2.24) is 14.7 Å². The summed E-state index contributed by atoms with van der Waals surface area (Å²) in [6.45, 7) is 5.18. The molecule has 0 fully saturated rings. The van der Waals surface area contributed by atoms with E-state index in [0.717, 1.165) is 0 Å². The third-order valence-electron chi connectivity index (χ3n) is 5.62. The topological polar surface area (TPSA) is 169 Å². The van der Waals surface area contributed by atoms with Gasteiger partial charge < -0.3 is 25.8 Å². The Labute approximate surface area is 218 Å². The zero-order chi connectivity index (χ0) is 27.3. The Morgan fingerprint density at radius 3 is 2.68 bits per heavy atom. The molecule has 0 radical (unpaired) electrons. The van der Waals surface area contributed by atoms with Gasteiger partial charge in [-0.25, -0.2) is 4.98 Å². The number of nitrogens with one attached hydrogen (secondary N) is 1. The van der Waals surface area contributed by atoms with Crippen LogP contribution >= 0.6 is 11.6 Å². The minimum atomic E-state index is -1.03. The number of aliphatic imine (C=N–C) groups is 1. The number of hydrogen-bond donors (Lipinski definition) is 4. The molecule has 11 nitrogen and oxygen atoms in total. The average molecular weight is 529 g/mol. The van der Waals surface area contributed by atoms with Gasteiger partial charge in [0.15, 0.2) is 5.69 Å². The predicted molar refractivity (Wildman–Crippen MR) is 140 cm³/mol. The third-order valence-corrected chi connectivity index (χ3v) is 5.97. The van der Waals surface area contributed by atoms with Gasteiger partial charge in [0.2, 0.25) is 5.75 Å². The number of aliphatic hydroxyl groups is 1. The Balaban J connectivity index is 2.13. The van der Waals surface area contributed by atoms with Crippen molar-refractivity contribution >= 4 is 29.4 Å². The van der Waals surface area contributed by atoms with Gasteiger partial charge in [-0.05, 0) is 37.3 Å². The molecule has 12 heteroatoms. The number of anilines is 1. The Bertz CT molecular complexity index is 1380. The van der Waals surface area contributed by atoms with E-state index in [2.05, 4.69) is 20.4 Å². The highest BCUT2D eigenvalue weighted by Gasteiger charge is 2.31. The van der Waals surface area contributed by atoms with Crippen LogP contribution in [0.2, 0.25) is 5.02 Å². The first-order valence-corrected chi connectivity index (χ1v) is 11.7. The van der Waals surface area contributed by atoms with E-state index >= 15 is 0 Å². The molecule has 2 atom stereocenters. The molecule has 0 spiro atoms. The number of allylic oxidation sites excluding steroid dienone is 1. The predicted octanol–water partition coefficient (Wildman–Crippen LogP) is 2.95. The monoisotopic (exact) mass is 528 g/mol. The second-order valence-electron chi connectivity index (χ2n) is 9.14. The first-order valence-electron chi connectivity index (χ1n) is 11.3. The number of nitrogens with two attached hydrogens (primary N) is 1. The van der Waals surface area contributed by atoms with Crippen LogP contribution in [0.25, 0.3) is 0 Å². The van der Waals surface area contributed by atoms with Gasteiger partial charge in [-0.1, -0.05) is 41.9 Å². The number of halogens is 1. The summed E-state index contributed by atoms with van der Waals surface area (Å²) in [7, 11) is 1.44. The molecule has 0 saturated carbocycles. The lowest BCUT2D eigenvalue weighted by Gasteiger charge is -2.27. The number of nitrogens with zero attached hydrogens (tertiary/aromatic N) is 4.